The van der Waals surface area contributed by atoms with Gasteiger partial charge in [0, 0.05) is 6.42 Å². The molecule has 1 aliphatic heterocycles. The molecule has 3 nitrogen and oxygen atoms in total. The predicted octanol–water partition coefficient (Wildman–Crippen LogP) is 6.74. The highest BCUT2D eigenvalue weighted by Gasteiger charge is 2.08. The number of hydrogen-bond donors (Lipinski definition) is 0. The van der Waals surface area contributed by atoms with Crippen molar-refractivity contribution in [1.82, 2.24) is 0 Å². The van der Waals surface area contributed by atoms with E-state index in [0.29, 0.717) is 0 Å². The van der Waals surface area contributed by atoms with Crippen LogP contribution in [0.25, 0.3) is 0 Å². The molecule has 0 aliphatic carbocycles. The molecular formula is C24H39NO2. The molecule has 3 heteroatoms. The second-order valence-electron chi connectivity index (χ2n) is 7.68. The van der Waals surface area contributed by atoms with Gasteiger partial charge in [0.25, 0.3) is 0 Å². The molecule has 0 N–H and O–H groups in total. The van der Waals surface area contributed by atoms with Crippen molar-refractivity contribution in [3.63, 3.8) is 0 Å². The standard InChI is InChI=1S/C24H39NO2/c1-2-3-4-5-6-7-8-9-10-11-12-13-19-26-23-16-14-22(15-17-23)21-24-25-18-20-27-24/h14-17H,2-13,18-21H2,1H3. The maximum Gasteiger partial charge on any atom is 0.187 e. The molecule has 1 aliphatic rings. The third kappa shape index (κ3) is 10.4. The van der Waals surface area contributed by atoms with Gasteiger partial charge in [0.15, 0.2) is 5.90 Å². The lowest BCUT2D eigenvalue weighted by Gasteiger charge is -2.08. The fourth-order valence-corrected chi connectivity index (χ4v) is 3.50. The van der Waals surface area contributed by atoms with Crippen LogP contribution in [0.3, 0.4) is 0 Å². The van der Waals surface area contributed by atoms with E-state index in [4.69, 9.17) is 9.47 Å². The van der Waals surface area contributed by atoms with Crippen LogP contribution in [0.5, 0.6) is 5.75 Å². The molecule has 0 fully saturated rings. The van der Waals surface area contributed by atoms with Crippen LogP contribution >= 0.6 is 0 Å². The van der Waals surface area contributed by atoms with Gasteiger partial charge >= 0.3 is 0 Å². The molecule has 27 heavy (non-hydrogen) atoms. The number of rotatable bonds is 16. The van der Waals surface area contributed by atoms with E-state index < -0.39 is 0 Å². The molecule has 0 saturated carbocycles. The van der Waals surface area contributed by atoms with Gasteiger partial charge in [-0.1, -0.05) is 89.7 Å². The summed E-state index contributed by atoms with van der Waals surface area (Å²) in [7, 11) is 0. The smallest absolute Gasteiger partial charge is 0.187 e. The molecule has 152 valence electrons. The monoisotopic (exact) mass is 373 g/mol. The summed E-state index contributed by atoms with van der Waals surface area (Å²) < 4.78 is 11.3. The average Bonchev–Trinajstić information content (AvgIpc) is 3.20. The van der Waals surface area contributed by atoms with Crippen LogP contribution in [0, 0.1) is 0 Å². The number of nitrogens with zero attached hydrogens (tertiary/aromatic N) is 1. The summed E-state index contributed by atoms with van der Waals surface area (Å²) in [5, 5.41) is 0. The molecule has 0 radical (unpaired) electrons. The van der Waals surface area contributed by atoms with E-state index in [0.717, 1.165) is 44.2 Å². The lowest BCUT2D eigenvalue weighted by molar-refractivity contribution is 0.304. The number of aliphatic imine (C=N–C) groups is 1. The fourth-order valence-electron chi connectivity index (χ4n) is 3.50. The summed E-state index contributed by atoms with van der Waals surface area (Å²) in [4.78, 5) is 4.33. The molecular weight excluding hydrogens is 334 g/mol. The highest BCUT2D eigenvalue weighted by Crippen LogP contribution is 2.15. The van der Waals surface area contributed by atoms with Gasteiger partial charge in [-0.15, -0.1) is 0 Å². The van der Waals surface area contributed by atoms with E-state index in [1.165, 1.54) is 76.2 Å². The van der Waals surface area contributed by atoms with Crippen LogP contribution in [-0.4, -0.2) is 25.7 Å². The SMILES string of the molecule is CCCCCCCCCCCCCCOc1ccc(CC2=NCCO2)cc1. The quantitative estimate of drug-likeness (QED) is 0.300. The largest absolute Gasteiger partial charge is 0.494 e. The first-order valence-electron chi connectivity index (χ1n) is 11.3. The number of unbranched alkanes of at least 4 members (excludes halogenated alkanes) is 11. The number of ether oxygens (including phenoxy) is 2. The number of hydrogen-bond acceptors (Lipinski definition) is 3. The van der Waals surface area contributed by atoms with Crippen molar-refractivity contribution >= 4 is 5.90 Å². The molecule has 0 aromatic heterocycles. The van der Waals surface area contributed by atoms with Crippen LogP contribution in [0.1, 0.15) is 89.5 Å². The molecule has 2 rings (SSSR count). The predicted molar refractivity (Wildman–Crippen MR) is 115 cm³/mol. The van der Waals surface area contributed by atoms with Gasteiger partial charge in [-0.2, -0.15) is 0 Å². The summed E-state index contributed by atoms with van der Waals surface area (Å²) in [6.07, 6.45) is 17.3. The van der Waals surface area contributed by atoms with Gasteiger partial charge in [0.1, 0.15) is 12.4 Å². The first-order valence-corrected chi connectivity index (χ1v) is 11.3. The van der Waals surface area contributed by atoms with Crippen molar-refractivity contribution in [1.29, 1.82) is 0 Å². The van der Waals surface area contributed by atoms with E-state index in [-0.39, 0.29) is 0 Å². The topological polar surface area (TPSA) is 30.8 Å². The third-order valence-corrected chi connectivity index (χ3v) is 5.19. The Morgan fingerprint density at radius 1 is 0.815 bits per heavy atom. The minimum absolute atomic E-state index is 0.732. The maximum absolute atomic E-state index is 5.86. The zero-order valence-corrected chi connectivity index (χ0v) is 17.4. The highest BCUT2D eigenvalue weighted by atomic mass is 16.5. The first kappa shape index (κ1) is 21.8. The Morgan fingerprint density at radius 3 is 1.96 bits per heavy atom. The minimum atomic E-state index is 0.732. The molecule has 1 heterocycles. The van der Waals surface area contributed by atoms with Gasteiger partial charge in [0.2, 0.25) is 0 Å². The fraction of sp³-hybridized carbons (Fsp3) is 0.708. The van der Waals surface area contributed by atoms with E-state index in [2.05, 4.69) is 36.2 Å². The average molecular weight is 374 g/mol. The summed E-state index contributed by atoms with van der Waals surface area (Å²) in [6.45, 7) is 4.64. The summed E-state index contributed by atoms with van der Waals surface area (Å²) in [5.74, 6) is 1.83. The Kier molecular flexibility index (Phi) is 11.7. The van der Waals surface area contributed by atoms with Gasteiger partial charge < -0.3 is 9.47 Å². The highest BCUT2D eigenvalue weighted by molar-refractivity contribution is 5.79. The summed E-state index contributed by atoms with van der Waals surface area (Å²) in [6, 6.07) is 8.35. The van der Waals surface area contributed by atoms with Gasteiger partial charge in [-0.25, -0.2) is 0 Å². The van der Waals surface area contributed by atoms with Crippen molar-refractivity contribution in [3.8, 4) is 5.75 Å². The normalized spacial score (nSPS) is 13.4. The maximum atomic E-state index is 5.86. The van der Waals surface area contributed by atoms with Crippen molar-refractivity contribution in [2.75, 3.05) is 19.8 Å². The zero-order chi connectivity index (χ0) is 19.0. The number of benzene rings is 1. The van der Waals surface area contributed by atoms with Crippen LogP contribution in [0.4, 0.5) is 0 Å². The lowest BCUT2D eigenvalue weighted by Crippen LogP contribution is -2.03. The van der Waals surface area contributed by atoms with E-state index in [9.17, 15) is 0 Å². The van der Waals surface area contributed by atoms with Crippen molar-refractivity contribution in [2.45, 2.75) is 90.4 Å². The molecule has 0 amide bonds. The van der Waals surface area contributed by atoms with Crippen LogP contribution in [0.15, 0.2) is 29.3 Å². The van der Waals surface area contributed by atoms with E-state index in [1.807, 2.05) is 0 Å². The lowest BCUT2D eigenvalue weighted by atomic mass is 10.1. The molecule has 0 unspecified atom stereocenters. The minimum Gasteiger partial charge on any atom is -0.494 e. The van der Waals surface area contributed by atoms with Gasteiger partial charge in [0.05, 0.1) is 13.2 Å². The Bertz CT molecular complexity index is 510. The van der Waals surface area contributed by atoms with Crippen LogP contribution < -0.4 is 4.74 Å². The van der Waals surface area contributed by atoms with Crippen molar-refractivity contribution in [2.24, 2.45) is 4.99 Å². The Hall–Kier alpha value is -1.51. The van der Waals surface area contributed by atoms with E-state index in [1.54, 1.807) is 0 Å². The molecule has 1 aromatic carbocycles. The van der Waals surface area contributed by atoms with Crippen LogP contribution in [0.2, 0.25) is 0 Å². The third-order valence-electron chi connectivity index (χ3n) is 5.19. The molecule has 0 spiro atoms. The Morgan fingerprint density at radius 2 is 1.41 bits per heavy atom. The molecule has 0 bridgehead atoms. The Balaban J connectivity index is 1.39. The van der Waals surface area contributed by atoms with Gasteiger partial charge in [-0.05, 0) is 24.1 Å². The molecule has 0 saturated heterocycles. The second kappa shape index (κ2) is 14.5. The van der Waals surface area contributed by atoms with Crippen molar-refractivity contribution in [3.05, 3.63) is 29.8 Å². The molecule has 1 aromatic rings. The van der Waals surface area contributed by atoms with Gasteiger partial charge in [-0.3, -0.25) is 4.99 Å². The van der Waals surface area contributed by atoms with E-state index >= 15 is 0 Å². The second-order valence-corrected chi connectivity index (χ2v) is 7.68. The first-order chi connectivity index (χ1) is 13.4. The summed E-state index contributed by atoms with van der Waals surface area (Å²) >= 11 is 0. The van der Waals surface area contributed by atoms with Crippen LogP contribution in [-0.2, 0) is 11.2 Å². The van der Waals surface area contributed by atoms with Crippen molar-refractivity contribution < 1.29 is 9.47 Å². The Labute approximate surface area is 166 Å². The summed E-state index contributed by atoms with van der Waals surface area (Å²) in [5.41, 5.74) is 1.23. The molecule has 0 atom stereocenters. The zero-order valence-electron chi connectivity index (χ0n) is 17.4.